The third kappa shape index (κ3) is 7.36. The van der Waals surface area contributed by atoms with Crippen LogP contribution in [-0.4, -0.2) is 68.1 Å². The summed E-state index contributed by atoms with van der Waals surface area (Å²) in [5, 5.41) is 12.2. The van der Waals surface area contributed by atoms with Gasteiger partial charge in [-0.05, 0) is 75.2 Å². The van der Waals surface area contributed by atoms with Gasteiger partial charge in [0.25, 0.3) is 0 Å². The van der Waals surface area contributed by atoms with Crippen molar-refractivity contribution in [3.05, 3.63) is 53.3 Å². The molecule has 1 saturated heterocycles. The molecule has 4 rings (SSSR count). The van der Waals surface area contributed by atoms with E-state index in [1.165, 1.54) is 0 Å². The summed E-state index contributed by atoms with van der Waals surface area (Å²) in [4.78, 5) is 23.7. The van der Waals surface area contributed by atoms with Gasteiger partial charge in [0.15, 0.2) is 11.5 Å². The van der Waals surface area contributed by atoms with Gasteiger partial charge in [-0.25, -0.2) is 14.0 Å². The van der Waals surface area contributed by atoms with Gasteiger partial charge in [0, 0.05) is 17.5 Å². The summed E-state index contributed by atoms with van der Waals surface area (Å²) in [6.07, 6.45) is -6.62. The molecule has 2 aromatic rings. The van der Waals surface area contributed by atoms with E-state index in [2.05, 4.69) is 21.6 Å². The number of urea groups is 1. The van der Waals surface area contributed by atoms with Crippen LogP contribution in [0.3, 0.4) is 0 Å². The number of carboxylic acid groups (broad SMARTS) is 1. The average molecular weight is 610 g/mol. The molecule has 232 valence electrons. The Balaban J connectivity index is 0.000000616. The summed E-state index contributed by atoms with van der Waals surface area (Å²) in [6.45, 7) is 0.896. The molecule has 42 heavy (non-hydrogen) atoms. The predicted octanol–water partition coefficient (Wildman–Crippen LogP) is 5.81. The highest BCUT2D eigenvalue weighted by atomic mass is 19.4. The molecule has 0 bridgehead atoms. The fraction of sp³-hybridized carbons (Fsp3) is 0.481. The SMILES string of the molecule is COc1ccc([C@@]23CC[C@@H](NC(=O)Nc4cc(C(F)(F)F)ccc4F)C[C@@H]2N(C)CC3)cc1OC.O=C(O)C(F)(F)F. The maximum absolute atomic E-state index is 14.0. The van der Waals surface area contributed by atoms with Gasteiger partial charge in [-0.1, -0.05) is 6.07 Å². The van der Waals surface area contributed by atoms with E-state index in [1.807, 2.05) is 19.2 Å². The van der Waals surface area contributed by atoms with Crippen molar-refractivity contribution >= 4 is 17.7 Å². The van der Waals surface area contributed by atoms with Gasteiger partial charge in [0.1, 0.15) is 5.82 Å². The largest absolute Gasteiger partial charge is 0.493 e. The van der Waals surface area contributed by atoms with Crippen LogP contribution >= 0.6 is 0 Å². The van der Waals surface area contributed by atoms with Crippen LogP contribution in [0.1, 0.15) is 36.8 Å². The van der Waals surface area contributed by atoms with Crippen LogP contribution in [0.25, 0.3) is 0 Å². The summed E-state index contributed by atoms with van der Waals surface area (Å²) in [5.41, 5.74) is -0.501. The molecule has 2 aliphatic rings. The minimum atomic E-state index is -5.08. The summed E-state index contributed by atoms with van der Waals surface area (Å²) >= 11 is 0. The Morgan fingerprint density at radius 1 is 1.00 bits per heavy atom. The first-order valence-corrected chi connectivity index (χ1v) is 12.7. The molecule has 2 aromatic carbocycles. The van der Waals surface area contributed by atoms with Gasteiger partial charge in [0.05, 0.1) is 25.5 Å². The number of likely N-dealkylation sites (N-methyl/N-ethyl adjacent to an activating group) is 1. The maximum Gasteiger partial charge on any atom is 0.490 e. The number of hydrogen-bond donors (Lipinski definition) is 3. The summed E-state index contributed by atoms with van der Waals surface area (Å²) in [6, 6.07) is 7.13. The highest BCUT2D eigenvalue weighted by Crippen LogP contribution is 2.50. The zero-order valence-corrected chi connectivity index (χ0v) is 22.8. The first kappa shape index (κ1) is 32.8. The molecule has 3 N–H and O–H groups in total. The van der Waals surface area contributed by atoms with E-state index in [0.29, 0.717) is 42.5 Å². The predicted molar refractivity (Wildman–Crippen MR) is 137 cm³/mol. The zero-order chi connectivity index (χ0) is 31.5. The lowest BCUT2D eigenvalue weighted by atomic mass is 9.65. The van der Waals surface area contributed by atoms with E-state index < -0.39 is 41.4 Å². The van der Waals surface area contributed by atoms with Crippen LogP contribution in [0.15, 0.2) is 36.4 Å². The number of fused-ring (bicyclic) bond motifs is 1. The number of carbonyl (C=O) groups excluding carboxylic acids is 1. The van der Waals surface area contributed by atoms with E-state index >= 15 is 0 Å². The van der Waals surface area contributed by atoms with Crippen molar-refractivity contribution in [1.82, 2.24) is 10.2 Å². The fourth-order valence-electron chi connectivity index (χ4n) is 5.54. The number of rotatable bonds is 5. The molecule has 2 amide bonds. The second kappa shape index (κ2) is 12.6. The van der Waals surface area contributed by atoms with Crippen molar-refractivity contribution in [2.24, 2.45) is 0 Å². The standard InChI is InChI=1S/C25H29F4N3O3.C2HF3O2/c1-32-11-10-24(15-5-7-20(34-2)21(13-15)35-3)9-8-17(14-22(24)32)30-23(33)31-19-12-16(25(27,28)29)4-6-18(19)26;3-2(4,5)1(6)7/h4-7,12-13,17,22H,8-11,14H2,1-3H3,(H2,30,31,33);(H,6,7)/t17-,22+,24+;/m1./s1. The summed E-state index contributed by atoms with van der Waals surface area (Å²) in [5.74, 6) is -2.37. The third-order valence-corrected chi connectivity index (χ3v) is 7.61. The van der Waals surface area contributed by atoms with Gasteiger partial charge in [-0.3, -0.25) is 0 Å². The molecule has 0 spiro atoms. The van der Waals surface area contributed by atoms with Crippen molar-refractivity contribution in [1.29, 1.82) is 0 Å². The van der Waals surface area contributed by atoms with Crippen LogP contribution in [-0.2, 0) is 16.4 Å². The van der Waals surface area contributed by atoms with Gasteiger partial charge >= 0.3 is 24.4 Å². The van der Waals surface area contributed by atoms with E-state index in [1.54, 1.807) is 14.2 Å². The quantitative estimate of drug-likeness (QED) is 0.370. The van der Waals surface area contributed by atoms with Gasteiger partial charge in [0.2, 0.25) is 0 Å². The first-order valence-electron chi connectivity index (χ1n) is 12.7. The fourth-order valence-corrected chi connectivity index (χ4v) is 5.54. The molecule has 0 aromatic heterocycles. The minimum Gasteiger partial charge on any atom is -0.493 e. The molecule has 1 aliphatic heterocycles. The number of nitrogens with zero attached hydrogens (tertiary/aromatic N) is 1. The number of carboxylic acids is 1. The Hall–Kier alpha value is -3.75. The third-order valence-electron chi connectivity index (χ3n) is 7.61. The van der Waals surface area contributed by atoms with Crippen LogP contribution in [0.4, 0.5) is 41.2 Å². The number of nitrogens with one attached hydrogen (secondary N) is 2. The van der Waals surface area contributed by atoms with Gasteiger partial charge < -0.3 is 30.1 Å². The zero-order valence-electron chi connectivity index (χ0n) is 22.8. The van der Waals surface area contributed by atoms with Gasteiger partial charge in [-0.2, -0.15) is 26.3 Å². The monoisotopic (exact) mass is 609 g/mol. The lowest BCUT2D eigenvalue weighted by Gasteiger charge is -2.45. The smallest absolute Gasteiger partial charge is 0.490 e. The van der Waals surface area contributed by atoms with E-state index in [9.17, 15) is 35.5 Å². The van der Waals surface area contributed by atoms with Crippen LogP contribution in [0.5, 0.6) is 11.5 Å². The summed E-state index contributed by atoms with van der Waals surface area (Å²) in [7, 11) is 5.24. The Morgan fingerprint density at radius 2 is 1.64 bits per heavy atom. The molecule has 0 radical (unpaired) electrons. The number of ether oxygens (including phenoxy) is 2. The van der Waals surface area contributed by atoms with Crippen molar-refractivity contribution in [3.63, 3.8) is 0 Å². The number of halogens is 7. The van der Waals surface area contributed by atoms with Crippen LogP contribution in [0.2, 0.25) is 0 Å². The molecular formula is C27H30F7N3O5. The lowest BCUT2D eigenvalue weighted by Crippen LogP contribution is -2.52. The summed E-state index contributed by atoms with van der Waals surface area (Å²) < 4.78 is 95.6. The number of anilines is 1. The molecule has 15 heteroatoms. The number of aliphatic carboxylic acids is 1. The topological polar surface area (TPSA) is 100 Å². The van der Waals surface area contributed by atoms with Crippen molar-refractivity contribution in [3.8, 4) is 11.5 Å². The number of alkyl halides is 6. The number of methoxy groups -OCH3 is 2. The highest BCUT2D eigenvalue weighted by Gasteiger charge is 2.50. The molecule has 1 heterocycles. The molecule has 2 fully saturated rings. The Labute approximate surface area is 236 Å². The highest BCUT2D eigenvalue weighted by molar-refractivity contribution is 5.89. The molecule has 0 unspecified atom stereocenters. The average Bonchev–Trinajstić information content (AvgIpc) is 3.25. The molecule has 1 saturated carbocycles. The number of likely N-dealkylation sites (tertiary alicyclic amines) is 1. The van der Waals surface area contributed by atoms with Crippen molar-refractivity contribution < 1.29 is 54.9 Å². The van der Waals surface area contributed by atoms with E-state index in [4.69, 9.17) is 19.4 Å². The molecule has 1 aliphatic carbocycles. The number of carbonyl (C=O) groups is 2. The molecular weight excluding hydrogens is 579 g/mol. The maximum atomic E-state index is 14.0. The Kier molecular flexibility index (Phi) is 9.85. The van der Waals surface area contributed by atoms with Crippen molar-refractivity contribution in [2.75, 3.05) is 33.1 Å². The Bertz CT molecular complexity index is 1290. The number of hydrogen-bond acceptors (Lipinski definition) is 5. The number of amides is 2. The molecule has 3 atom stereocenters. The Morgan fingerprint density at radius 3 is 2.21 bits per heavy atom. The van der Waals surface area contributed by atoms with Crippen molar-refractivity contribution in [2.45, 2.75) is 55.5 Å². The van der Waals surface area contributed by atoms with E-state index in [-0.39, 0.29) is 17.5 Å². The molecule has 8 nitrogen and oxygen atoms in total. The second-order valence-corrected chi connectivity index (χ2v) is 10.0. The van der Waals surface area contributed by atoms with Crippen LogP contribution in [0, 0.1) is 5.82 Å². The number of benzene rings is 2. The lowest BCUT2D eigenvalue weighted by molar-refractivity contribution is -0.192. The van der Waals surface area contributed by atoms with Crippen LogP contribution < -0.4 is 20.1 Å². The second-order valence-electron chi connectivity index (χ2n) is 10.0. The van der Waals surface area contributed by atoms with Gasteiger partial charge in [-0.15, -0.1) is 0 Å². The van der Waals surface area contributed by atoms with E-state index in [0.717, 1.165) is 24.9 Å². The first-order chi connectivity index (χ1) is 19.5. The minimum absolute atomic E-state index is 0.115. The normalized spacial score (nSPS) is 22.3.